The van der Waals surface area contributed by atoms with Crippen LogP contribution in [0.5, 0.6) is 0 Å². The SMILES string of the molecule is O=C(O)CCc1cc2n(n1)CCN(C(=O)C1Cc3ccccc3S1)C2. The maximum atomic E-state index is 12.9. The molecule has 0 bridgehead atoms. The number of benzene rings is 1. The molecule has 0 radical (unpaired) electrons. The van der Waals surface area contributed by atoms with Gasteiger partial charge in [-0.2, -0.15) is 5.10 Å². The van der Waals surface area contributed by atoms with Gasteiger partial charge in [-0.05, 0) is 24.1 Å². The van der Waals surface area contributed by atoms with Crippen molar-refractivity contribution in [2.24, 2.45) is 0 Å². The molecule has 0 saturated carbocycles. The van der Waals surface area contributed by atoms with Crippen LogP contribution >= 0.6 is 11.8 Å². The molecule has 1 amide bonds. The Labute approximate surface area is 149 Å². The van der Waals surface area contributed by atoms with Crippen LogP contribution < -0.4 is 0 Å². The van der Waals surface area contributed by atoms with Crippen LogP contribution in [0.25, 0.3) is 0 Å². The molecular weight excluding hydrogens is 338 g/mol. The van der Waals surface area contributed by atoms with Gasteiger partial charge in [-0.1, -0.05) is 18.2 Å². The third-order valence-corrected chi connectivity index (χ3v) is 5.98. The Balaban J connectivity index is 1.42. The number of hydrogen-bond donors (Lipinski definition) is 1. The quantitative estimate of drug-likeness (QED) is 0.905. The zero-order valence-electron chi connectivity index (χ0n) is 13.7. The fourth-order valence-corrected chi connectivity index (χ4v) is 4.67. The molecule has 1 N–H and O–H groups in total. The van der Waals surface area contributed by atoms with Gasteiger partial charge in [0.2, 0.25) is 5.91 Å². The molecule has 3 heterocycles. The lowest BCUT2D eigenvalue weighted by Gasteiger charge is -2.29. The van der Waals surface area contributed by atoms with Crippen LogP contribution in [0.3, 0.4) is 0 Å². The second-order valence-electron chi connectivity index (χ2n) is 6.42. The first-order valence-corrected chi connectivity index (χ1v) is 9.29. The van der Waals surface area contributed by atoms with Crippen molar-refractivity contribution in [3.8, 4) is 0 Å². The Morgan fingerprint density at radius 2 is 2.12 bits per heavy atom. The normalized spacial score (nSPS) is 18.7. The highest BCUT2D eigenvalue weighted by Gasteiger charge is 2.33. The number of nitrogens with zero attached hydrogens (tertiary/aromatic N) is 3. The van der Waals surface area contributed by atoms with E-state index in [9.17, 15) is 9.59 Å². The summed E-state index contributed by atoms with van der Waals surface area (Å²) in [6.07, 6.45) is 1.30. The molecule has 25 heavy (non-hydrogen) atoms. The zero-order valence-corrected chi connectivity index (χ0v) is 14.5. The lowest BCUT2D eigenvalue weighted by atomic mass is 10.1. The number of carboxylic acids is 1. The summed E-state index contributed by atoms with van der Waals surface area (Å²) in [6.45, 7) is 1.87. The number of amides is 1. The van der Waals surface area contributed by atoms with E-state index in [4.69, 9.17) is 5.11 Å². The molecule has 1 aromatic heterocycles. The standard InChI is InChI=1S/C18H19N3O3S/c22-17(23)6-5-13-10-14-11-20(7-8-21(14)19-13)18(24)16-9-12-3-1-2-4-15(12)25-16/h1-4,10,16H,5-9,11H2,(H,22,23). The molecule has 0 fully saturated rings. The molecule has 1 unspecified atom stereocenters. The van der Waals surface area contributed by atoms with E-state index < -0.39 is 5.97 Å². The number of carboxylic acid groups (broad SMARTS) is 1. The Hall–Kier alpha value is -2.28. The summed E-state index contributed by atoms with van der Waals surface area (Å²) >= 11 is 1.66. The van der Waals surface area contributed by atoms with Crippen molar-refractivity contribution in [3.63, 3.8) is 0 Å². The topological polar surface area (TPSA) is 75.4 Å². The molecule has 0 saturated heterocycles. The van der Waals surface area contributed by atoms with Crippen LogP contribution in [0.1, 0.15) is 23.4 Å². The molecule has 1 aromatic carbocycles. The van der Waals surface area contributed by atoms with Gasteiger partial charge in [0.25, 0.3) is 0 Å². The van der Waals surface area contributed by atoms with Gasteiger partial charge >= 0.3 is 5.97 Å². The molecule has 0 spiro atoms. The summed E-state index contributed by atoms with van der Waals surface area (Å²) in [7, 11) is 0. The smallest absolute Gasteiger partial charge is 0.303 e. The highest BCUT2D eigenvalue weighted by Crippen LogP contribution is 2.38. The average molecular weight is 357 g/mol. The maximum Gasteiger partial charge on any atom is 0.303 e. The van der Waals surface area contributed by atoms with Crippen LogP contribution in [0.15, 0.2) is 35.2 Å². The number of rotatable bonds is 4. The Bertz CT molecular complexity index is 808. The predicted octanol–water partition coefficient (Wildman–Crippen LogP) is 1.96. The first-order chi connectivity index (χ1) is 12.1. The van der Waals surface area contributed by atoms with Crippen LogP contribution in [-0.2, 0) is 35.5 Å². The van der Waals surface area contributed by atoms with Gasteiger partial charge in [0, 0.05) is 17.9 Å². The van der Waals surface area contributed by atoms with E-state index in [-0.39, 0.29) is 17.6 Å². The lowest BCUT2D eigenvalue weighted by molar-refractivity contribution is -0.137. The fourth-order valence-electron chi connectivity index (χ4n) is 3.39. The van der Waals surface area contributed by atoms with E-state index in [1.807, 2.05) is 27.8 Å². The minimum absolute atomic E-state index is 0.0432. The second kappa shape index (κ2) is 6.55. The molecule has 2 aliphatic heterocycles. The van der Waals surface area contributed by atoms with Gasteiger partial charge in [0.1, 0.15) is 0 Å². The number of thioether (sulfide) groups is 1. The van der Waals surface area contributed by atoms with Gasteiger partial charge in [-0.25, -0.2) is 0 Å². The van der Waals surface area contributed by atoms with E-state index in [0.717, 1.165) is 17.8 Å². The fraction of sp³-hybridized carbons (Fsp3) is 0.389. The van der Waals surface area contributed by atoms with Gasteiger partial charge in [0.15, 0.2) is 0 Å². The Morgan fingerprint density at radius 3 is 2.92 bits per heavy atom. The van der Waals surface area contributed by atoms with E-state index >= 15 is 0 Å². The number of hydrogen-bond acceptors (Lipinski definition) is 4. The van der Waals surface area contributed by atoms with Crippen molar-refractivity contribution in [3.05, 3.63) is 47.3 Å². The van der Waals surface area contributed by atoms with Crippen LogP contribution in [0, 0.1) is 0 Å². The Kier molecular flexibility index (Phi) is 4.25. The summed E-state index contributed by atoms with van der Waals surface area (Å²) in [5.41, 5.74) is 3.03. The van der Waals surface area contributed by atoms with Crippen molar-refractivity contribution >= 4 is 23.6 Å². The summed E-state index contributed by atoms with van der Waals surface area (Å²) in [6, 6.07) is 10.1. The summed E-state index contributed by atoms with van der Waals surface area (Å²) in [5.74, 6) is -0.638. The van der Waals surface area contributed by atoms with Gasteiger partial charge in [0.05, 0.1) is 36.1 Å². The van der Waals surface area contributed by atoms with Crippen molar-refractivity contribution in [2.45, 2.75) is 42.5 Å². The summed E-state index contributed by atoms with van der Waals surface area (Å²) < 4.78 is 1.90. The minimum Gasteiger partial charge on any atom is -0.481 e. The van der Waals surface area contributed by atoms with Crippen molar-refractivity contribution in [1.29, 1.82) is 0 Å². The largest absolute Gasteiger partial charge is 0.481 e. The highest BCUT2D eigenvalue weighted by molar-refractivity contribution is 8.01. The number of carbonyl (C=O) groups excluding carboxylic acids is 1. The first kappa shape index (κ1) is 16.2. The summed E-state index contributed by atoms with van der Waals surface area (Å²) in [4.78, 5) is 26.7. The van der Waals surface area contributed by atoms with Gasteiger partial charge < -0.3 is 10.0 Å². The average Bonchev–Trinajstić information content (AvgIpc) is 3.22. The number of aliphatic carboxylic acids is 1. The van der Waals surface area contributed by atoms with Gasteiger partial charge in [-0.15, -0.1) is 11.8 Å². The molecule has 2 aromatic rings. The Morgan fingerprint density at radius 1 is 1.28 bits per heavy atom. The second-order valence-corrected chi connectivity index (χ2v) is 7.67. The molecular formula is C18H19N3O3S. The third kappa shape index (κ3) is 3.28. The van der Waals surface area contributed by atoms with Crippen molar-refractivity contribution in [1.82, 2.24) is 14.7 Å². The van der Waals surface area contributed by atoms with E-state index in [1.165, 1.54) is 10.5 Å². The van der Waals surface area contributed by atoms with Crippen LogP contribution in [0.2, 0.25) is 0 Å². The predicted molar refractivity (Wildman–Crippen MR) is 93.4 cm³/mol. The van der Waals surface area contributed by atoms with Gasteiger partial charge in [-0.3, -0.25) is 14.3 Å². The van der Waals surface area contributed by atoms with Crippen molar-refractivity contribution in [2.75, 3.05) is 6.54 Å². The molecule has 4 rings (SSSR count). The highest BCUT2D eigenvalue weighted by atomic mass is 32.2. The molecule has 0 aliphatic carbocycles. The molecule has 1 atom stereocenters. The van der Waals surface area contributed by atoms with Crippen molar-refractivity contribution < 1.29 is 14.7 Å². The molecule has 7 heteroatoms. The third-order valence-electron chi connectivity index (χ3n) is 4.68. The molecule has 6 nitrogen and oxygen atoms in total. The summed E-state index contributed by atoms with van der Waals surface area (Å²) in [5, 5.41) is 13.2. The van der Waals surface area contributed by atoms with E-state index in [0.29, 0.717) is 26.1 Å². The van der Waals surface area contributed by atoms with E-state index in [1.54, 1.807) is 11.8 Å². The number of carbonyl (C=O) groups is 2. The lowest BCUT2D eigenvalue weighted by Crippen LogP contribution is -2.42. The number of aryl methyl sites for hydroxylation is 1. The minimum atomic E-state index is -0.819. The monoisotopic (exact) mass is 357 g/mol. The maximum absolute atomic E-state index is 12.9. The zero-order chi connectivity index (χ0) is 17.4. The first-order valence-electron chi connectivity index (χ1n) is 8.41. The van der Waals surface area contributed by atoms with E-state index in [2.05, 4.69) is 17.2 Å². The number of aromatic nitrogens is 2. The molecule has 130 valence electrons. The van der Waals surface area contributed by atoms with Crippen LogP contribution in [-0.4, -0.2) is 43.5 Å². The molecule has 2 aliphatic rings. The van der Waals surface area contributed by atoms with Crippen LogP contribution in [0.4, 0.5) is 0 Å². The number of fused-ring (bicyclic) bond motifs is 2.